The molecule has 3 aromatic rings. The minimum Gasteiger partial charge on any atom is -0.489 e. The molecule has 1 amide bonds. The molecule has 2 N–H and O–H groups in total. The number of nitrogens with one attached hydrogen (secondary N) is 2. The summed E-state index contributed by atoms with van der Waals surface area (Å²) >= 11 is 0. The van der Waals surface area contributed by atoms with Gasteiger partial charge < -0.3 is 15.4 Å². The molecule has 0 fully saturated rings. The summed E-state index contributed by atoms with van der Waals surface area (Å²) in [6.45, 7) is 6.20. The lowest BCUT2D eigenvalue weighted by Crippen LogP contribution is -2.17. The van der Waals surface area contributed by atoms with E-state index in [1.807, 2.05) is 44.2 Å². The standard InChI is InChI=1S/C21H23N5O2/c1-14(2)28-19-7-5-4-6-17(19)26-21(27)18-12-20(25-15(3)24-18)23-13-16-8-10-22-11-9-16/h4-12,14H,13H2,1-3H3,(H,26,27)(H,23,24,25). The normalized spacial score (nSPS) is 10.6. The summed E-state index contributed by atoms with van der Waals surface area (Å²) in [6.07, 6.45) is 3.47. The minimum absolute atomic E-state index is 0.00309. The van der Waals surface area contributed by atoms with Crippen LogP contribution in [0.3, 0.4) is 0 Å². The van der Waals surface area contributed by atoms with Crippen LogP contribution in [-0.4, -0.2) is 27.0 Å². The van der Waals surface area contributed by atoms with Crippen LogP contribution in [0.5, 0.6) is 5.75 Å². The molecule has 2 aromatic heterocycles. The molecule has 2 heterocycles. The maximum absolute atomic E-state index is 12.7. The van der Waals surface area contributed by atoms with Gasteiger partial charge in [0.15, 0.2) is 0 Å². The van der Waals surface area contributed by atoms with Crippen molar-refractivity contribution in [3.05, 3.63) is 71.9 Å². The fraction of sp³-hybridized carbons (Fsp3) is 0.238. The fourth-order valence-electron chi connectivity index (χ4n) is 2.58. The van der Waals surface area contributed by atoms with Gasteiger partial charge in [0.25, 0.3) is 5.91 Å². The molecule has 3 rings (SSSR count). The second-order valence-corrected chi connectivity index (χ2v) is 6.51. The Bertz CT molecular complexity index is 945. The number of aryl methyl sites for hydroxylation is 1. The summed E-state index contributed by atoms with van der Waals surface area (Å²) < 4.78 is 5.75. The van der Waals surface area contributed by atoms with E-state index in [1.54, 1.807) is 31.5 Å². The zero-order valence-corrected chi connectivity index (χ0v) is 16.1. The van der Waals surface area contributed by atoms with Crippen LogP contribution in [0.25, 0.3) is 0 Å². The van der Waals surface area contributed by atoms with Crippen molar-refractivity contribution in [1.29, 1.82) is 0 Å². The van der Waals surface area contributed by atoms with E-state index in [4.69, 9.17) is 4.74 Å². The minimum atomic E-state index is -0.322. The largest absolute Gasteiger partial charge is 0.489 e. The molecule has 0 aliphatic rings. The molecular weight excluding hydrogens is 354 g/mol. The zero-order valence-electron chi connectivity index (χ0n) is 16.1. The first kappa shape index (κ1) is 19.3. The van der Waals surface area contributed by atoms with Crippen LogP contribution >= 0.6 is 0 Å². The van der Waals surface area contributed by atoms with E-state index >= 15 is 0 Å². The lowest BCUT2D eigenvalue weighted by molar-refractivity contribution is 0.102. The van der Waals surface area contributed by atoms with Crippen molar-refractivity contribution in [3.8, 4) is 5.75 Å². The van der Waals surface area contributed by atoms with Crippen LogP contribution in [0.2, 0.25) is 0 Å². The van der Waals surface area contributed by atoms with Gasteiger partial charge in [0.1, 0.15) is 23.1 Å². The molecule has 0 radical (unpaired) electrons. The van der Waals surface area contributed by atoms with Crippen molar-refractivity contribution in [3.63, 3.8) is 0 Å². The van der Waals surface area contributed by atoms with E-state index in [2.05, 4.69) is 25.6 Å². The number of aromatic nitrogens is 3. The average molecular weight is 377 g/mol. The number of hydrogen-bond acceptors (Lipinski definition) is 6. The van der Waals surface area contributed by atoms with Crippen LogP contribution in [0.4, 0.5) is 11.5 Å². The van der Waals surface area contributed by atoms with Gasteiger partial charge >= 0.3 is 0 Å². The lowest BCUT2D eigenvalue weighted by Gasteiger charge is -2.15. The predicted octanol–water partition coefficient (Wildman–Crippen LogP) is 3.83. The SMILES string of the molecule is Cc1nc(NCc2ccncc2)cc(C(=O)Nc2ccccc2OC(C)C)n1. The Balaban J connectivity index is 1.74. The number of hydrogen-bond donors (Lipinski definition) is 2. The number of rotatable bonds is 7. The maximum Gasteiger partial charge on any atom is 0.274 e. The molecular formula is C21H23N5O2. The summed E-state index contributed by atoms with van der Waals surface area (Å²) in [4.78, 5) is 25.4. The molecule has 0 bridgehead atoms. The molecule has 0 atom stereocenters. The molecule has 0 saturated carbocycles. The van der Waals surface area contributed by atoms with E-state index in [1.165, 1.54) is 0 Å². The van der Waals surface area contributed by atoms with E-state index in [-0.39, 0.29) is 17.7 Å². The number of carbonyl (C=O) groups is 1. The van der Waals surface area contributed by atoms with Gasteiger partial charge in [0.2, 0.25) is 0 Å². The van der Waals surface area contributed by atoms with Gasteiger partial charge in [-0.05, 0) is 50.6 Å². The summed E-state index contributed by atoms with van der Waals surface area (Å²) in [7, 11) is 0. The lowest BCUT2D eigenvalue weighted by atomic mass is 10.2. The summed E-state index contributed by atoms with van der Waals surface area (Å²) in [5.74, 6) is 1.39. The number of carbonyl (C=O) groups excluding carboxylic acids is 1. The van der Waals surface area contributed by atoms with Crippen LogP contribution in [0.1, 0.15) is 35.7 Å². The van der Waals surface area contributed by atoms with Crippen molar-refractivity contribution in [2.24, 2.45) is 0 Å². The van der Waals surface area contributed by atoms with Gasteiger partial charge in [-0.25, -0.2) is 9.97 Å². The number of ether oxygens (including phenoxy) is 1. The second kappa shape index (κ2) is 8.94. The highest BCUT2D eigenvalue weighted by Gasteiger charge is 2.14. The Morgan fingerprint density at radius 2 is 1.86 bits per heavy atom. The molecule has 0 unspecified atom stereocenters. The third-order valence-electron chi connectivity index (χ3n) is 3.79. The number of anilines is 2. The number of pyridine rings is 1. The van der Waals surface area contributed by atoms with Gasteiger partial charge in [-0.1, -0.05) is 12.1 Å². The third-order valence-corrected chi connectivity index (χ3v) is 3.79. The van der Waals surface area contributed by atoms with E-state index in [0.29, 0.717) is 29.6 Å². The van der Waals surface area contributed by atoms with Crippen LogP contribution < -0.4 is 15.4 Å². The van der Waals surface area contributed by atoms with Crippen molar-refractivity contribution >= 4 is 17.4 Å². The molecule has 144 valence electrons. The van der Waals surface area contributed by atoms with Gasteiger partial charge in [-0.2, -0.15) is 0 Å². The fourth-order valence-corrected chi connectivity index (χ4v) is 2.58. The predicted molar refractivity (Wildman–Crippen MR) is 108 cm³/mol. The molecule has 28 heavy (non-hydrogen) atoms. The quantitative estimate of drug-likeness (QED) is 0.650. The van der Waals surface area contributed by atoms with Crippen LogP contribution in [0.15, 0.2) is 54.9 Å². The van der Waals surface area contributed by atoms with Crippen molar-refractivity contribution in [1.82, 2.24) is 15.0 Å². The topological polar surface area (TPSA) is 89.0 Å². The van der Waals surface area contributed by atoms with E-state index < -0.39 is 0 Å². The summed E-state index contributed by atoms with van der Waals surface area (Å²) in [6, 6.07) is 12.8. The second-order valence-electron chi connectivity index (χ2n) is 6.51. The smallest absolute Gasteiger partial charge is 0.274 e. The first-order valence-electron chi connectivity index (χ1n) is 9.07. The van der Waals surface area contributed by atoms with Gasteiger partial charge in [-0.15, -0.1) is 0 Å². The Morgan fingerprint density at radius 1 is 1.11 bits per heavy atom. The van der Waals surface area contributed by atoms with Gasteiger partial charge in [-0.3, -0.25) is 9.78 Å². The number of benzene rings is 1. The molecule has 0 aliphatic heterocycles. The summed E-state index contributed by atoms with van der Waals surface area (Å²) in [5.41, 5.74) is 1.95. The number of para-hydroxylation sites is 2. The highest BCUT2D eigenvalue weighted by atomic mass is 16.5. The Hall–Kier alpha value is -3.48. The molecule has 0 aliphatic carbocycles. The van der Waals surface area contributed by atoms with E-state index in [0.717, 1.165) is 5.56 Å². The zero-order chi connectivity index (χ0) is 19.9. The van der Waals surface area contributed by atoms with E-state index in [9.17, 15) is 4.79 Å². The molecule has 0 saturated heterocycles. The molecule has 1 aromatic carbocycles. The van der Waals surface area contributed by atoms with Crippen LogP contribution in [0, 0.1) is 6.92 Å². The first-order valence-corrected chi connectivity index (χ1v) is 9.07. The average Bonchev–Trinajstić information content (AvgIpc) is 2.68. The highest BCUT2D eigenvalue weighted by molar-refractivity contribution is 6.04. The highest BCUT2D eigenvalue weighted by Crippen LogP contribution is 2.25. The van der Waals surface area contributed by atoms with Crippen molar-refractivity contribution < 1.29 is 9.53 Å². The van der Waals surface area contributed by atoms with Crippen LogP contribution in [-0.2, 0) is 6.54 Å². The first-order chi connectivity index (χ1) is 13.5. The molecule has 7 heteroatoms. The Morgan fingerprint density at radius 3 is 2.61 bits per heavy atom. The Labute approximate surface area is 164 Å². The Kier molecular flexibility index (Phi) is 6.16. The van der Waals surface area contributed by atoms with Gasteiger partial charge in [0.05, 0.1) is 11.8 Å². The molecule has 7 nitrogen and oxygen atoms in total. The number of nitrogens with zero attached hydrogens (tertiary/aromatic N) is 3. The maximum atomic E-state index is 12.7. The third kappa shape index (κ3) is 5.26. The number of amides is 1. The van der Waals surface area contributed by atoms with Gasteiger partial charge in [0, 0.05) is 25.0 Å². The monoisotopic (exact) mass is 377 g/mol. The van der Waals surface area contributed by atoms with Crippen molar-refractivity contribution in [2.45, 2.75) is 33.4 Å². The summed E-state index contributed by atoms with van der Waals surface area (Å²) in [5, 5.41) is 6.08. The van der Waals surface area contributed by atoms with Crippen molar-refractivity contribution in [2.75, 3.05) is 10.6 Å². The molecule has 0 spiro atoms.